The van der Waals surface area contributed by atoms with E-state index in [2.05, 4.69) is 10.1 Å². The molecule has 0 radical (unpaired) electrons. The minimum atomic E-state index is 0.0386. The lowest BCUT2D eigenvalue weighted by molar-refractivity contribution is 0.116. The zero-order valence-corrected chi connectivity index (χ0v) is 12.3. The normalized spacial score (nSPS) is 20.5. The molecule has 0 saturated carbocycles. The van der Waals surface area contributed by atoms with E-state index in [0.29, 0.717) is 17.2 Å². The Hall–Kier alpha value is -1.79. The van der Waals surface area contributed by atoms with Crippen LogP contribution in [0.1, 0.15) is 24.0 Å². The van der Waals surface area contributed by atoms with Crippen LogP contribution < -0.4 is 10.5 Å². The molecule has 4 N–H and O–H groups in total. The van der Waals surface area contributed by atoms with Crippen molar-refractivity contribution >= 4 is 5.84 Å². The predicted molar refractivity (Wildman–Crippen MR) is 80.6 cm³/mol. The molecule has 1 saturated heterocycles. The number of piperidine rings is 1. The van der Waals surface area contributed by atoms with Crippen LogP contribution >= 0.6 is 0 Å². The first-order valence-corrected chi connectivity index (χ1v) is 7.16. The van der Waals surface area contributed by atoms with Crippen molar-refractivity contribution in [1.29, 1.82) is 0 Å². The third kappa shape index (κ3) is 3.86. The molecular formula is C15H23N3O3. The second-order valence-corrected chi connectivity index (χ2v) is 5.45. The number of benzene rings is 1. The van der Waals surface area contributed by atoms with Gasteiger partial charge in [0.05, 0.1) is 12.7 Å². The average molecular weight is 293 g/mol. The van der Waals surface area contributed by atoms with Gasteiger partial charge in [-0.2, -0.15) is 0 Å². The van der Waals surface area contributed by atoms with Crippen LogP contribution in [0.25, 0.3) is 0 Å². The average Bonchev–Trinajstić information content (AvgIpc) is 2.54. The fraction of sp³-hybridized carbons (Fsp3) is 0.533. The number of nitrogens with two attached hydrogens (primary N) is 1. The topological polar surface area (TPSA) is 91.3 Å². The molecule has 0 spiro atoms. The molecule has 1 aliphatic heterocycles. The van der Waals surface area contributed by atoms with Gasteiger partial charge in [-0.15, -0.1) is 0 Å². The van der Waals surface area contributed by atoms with E-state index in [1.165, 1.54) is 0 Å². The third-order valence-corrected chi connectivity index (χ3v) is 3.92. The SMILES string of the molecule is COc1cc(CN2CCCC(CO)C2)ccc1/C(N)=N/O. The molecule has 1 aromatic rings. The zero-order chi connectivity index (χ0) is 15.2. The van der Waals surface area contributed by atoms with E-state index in [1.54, 1.807) is 13.2 Å². The molecule has 1 heterocycles. The lowest BCUT2D eigenvalue weighted by atomic mass is 9.98. The van der Waals surface area contributed by atoms with E-state index in [4.69, 9.17) is 15.7 Å². The number of hydrogen-bond acceptors (Lipinski definition) is 5. The monoisotopic (exact) mass is 293 g/mol. The van der Waals surface area contributed by atoms with Gasteiger partial charge in [0, 0.05) is 19.7 Å². The summed E-state index contributed by atoms with van der Waals surface area (Å²) in [5, 5.41) is 21.1. The van der Waals surface area contributed by atoms with Crippen LogP contribution in [-0.4, -0.2) is 47.9 Å². The number of ether oxygens (including phenoxy) is 1. The maximum Gasteiger partial charge on any atom is 0.173 e. The van der Waals surface area contributed by atoms with Gasteiger partial charge in [0.25, 0.3) is 0 Å². The van der Waals surface area contributed by atoms with Gasteiger partial charge in [-0.1, -0.05) is 11.2 Å². The van der Waals surface area contributed by atoms with Crippen LogP contribution in [0.3, 0.4) is 0 Å². The van der Waals surface area contributed by atoms with Crippen LogP contribution in [0.15, 0.2) is 23.4 Å². The van der Waals surface area contributed by atoms with Crippen molar-refractivity contribution in [1.82, 2.24) is 4.90 Å². The standard InChI is InChI=1S/C15H23N3O3/c1-21-14-7-11(4-5-13(14)15(16)17-20)8-18-6-2-3-12(9-18)10-19/h4-5,7,12,19-20H,2-3,6,8-10H2,1H3,(H2,16,17). The molecule has 1 unspecified atom stereocenters. The summed E-state index contributed by atoms with van der Waals surface area (Å²) in [4.78, 5) is 2.34. The number of methoxy groups -OCH3 is 1. The number of hydrogen-bond donors (Lipinski definition) is 3. The molecule has 1 aromatic carbocycles. The number of amidine groups is 1. The predicted octanol–water partition coefficient (Wildman–Crippen LogP) is 0.994. The molecule has 0 amide bonds. The molecular weight excluding hydrogens is 270 g/mol. The first kappa shape index (κ1) is 15.6. The molecule has 1 fully saturated rings. The highest BCUT2D eigenvalue weighted by atomic mass is 16.5. The number of aliphatic hydroxyl groups excluding tert-OH is 1. The summed E-state index contributed by atoms with van der Waals surface area (Å²) >= 11 is 0. The van der Waals surface area contributed by atoms with Crippen LogP contribution in [0.5, 0.6) is 5.75 Å². The van der Waals surface area contributed by atoms with Gasteiger partial charge in [-0.05, 0) is 43.0 Å². The highest BCUT2D eigenvalue weighted by Crippen LogP contribution is 2.23. The third-order valence-electron chi connectivity index (χ3n) is 3.92. The summed E-state index contributed by atoms with van der Waals surface area (Å²) in [5.74, 6) is 1.01. The van der Waals surface area contributed by atoms with E-state index in [1.807, 2.05) is 12.1 Å². The van der Waals surface area contributed by atoms with Gasteiger partial charge in [-0.3, -0.25) is 4.90 Å². The summed E-state index contributed by atoms with van der Waals surface area (Å²) in [6, 6.07) is 5.67. The molecule has 2 rings (SSSR count). The molecule has 21 heavy (non-hydrogen) atoms. The Bertz CT molecular complexity index is 505. The summed E-state index contributed by atoms with van der Waals surface area (Å²) in [6.07, 6.45) is 2.21. The number of likely N-dealkylation sites (tertiary alicyclic amines) is 1. The Morgan fingerprint density at radius 1 is 1.52 bits per heavy atom. The Morgan fingerprint density at radius 2 is 2.33 bits per heavy atom. The molecule has 0 aromatic heterocycles. The molecule has 0 bridgehead atoms. The lowest BCUT2D eigenvalue weighted by Crippen LogP contribution is -2.36. The van der Waals surface area contributed by atoms with Crippen molar-refractivity contribution in [2.75, 3.05) is 26.8 Å². The number of rotatable bonds is 5. The first-order valence-electron chi connectivity index (χ1n) is 7.16. The summed E-state index contributed by atoms with van der Waals surface area (Å²) < 4.78 is 5.31. The van der Waals surface area contributed by atoms with Gasteiger partial charge in [0.15, 0.2) is 5.84 Å². The highest BCUT2D eigenvalue weighted by Gasteiger charge is 2.19. The minimum absolute atomic E-state index is 0.0386. The largest absolute Gasteiger partial charge is 0.496 e. The number of nitrogens with zero attached hydrogens (tertiary/aromatic N) is 2. The van der Waals surface area contributed by atoms with Crippen molar-refractivity contribution in [3.8, 4) is 5.75 Å². The second-order valence-electron chi connectivity index (χ2n) is 5.45. The number of aliphatic hydroxyl groups is 1. The van der Waals surface area contributed by atoms with Gasteiger partial charge in [0.2, 0.25) is 0 Å². The molecule has 6 nitrogen and oxygen atoms in total. The summed E-state index contributed by atoms with van der Waals surface area (Å²) in [5.41, 5.74) is 7.31. The van der Waals surface area contributed by atoms with Crippen molar-refractivity contribution in [3.63, 3.8) is 0 Å². The van der Waals surface area contributed by atoms with Crippen molar-refractivity contribution in [2.24, 2.45) is 16.8 Å². The van der Waals surface area contributed by atoms with Crippen LogP contribution in [0.2, 0.25) is 0 Å². The van der Waals surface area contributed by atoms with Gasteiger partial charge >= 0.3 is 0 Å². The molecule has 6 heteroatoms. The van der Waals surface area contributed by atoms with E-state index in [9.17, 15) is 5.11 Å². The smallest absolute Gasteiger partial charge is 0.173 e. The maximum atomic E-state index is 9.28. The van der Waals surface area contributed by atoms with E-state index < -0.39 is 0 Å². The first-order chi connectivity index (χ1) is 10.2. The Balaban J connectivity index is 2.10. The van der Waals surface area contributed by atoms with Crippen LogP contribution in [0, 0.1) is 5.92 Å². The molecule has 1 atom stereocenters. The Morgan fingerprint density at radius 3 is 3.00 bits per heavy atom. The fourth-order valence-electron chi connectivity index (χ4n) is 2.80. The van der Waals surface area contributed by atoms with Crippen LogP contribution in [-0.2, 0) is 6.54 Å². The molecule has 1 aliphatic rings. The Kier molecular flexibility index (Phi) is 5.41. The second kappa shape index (κ2) is 7.28. The number of oxime groups is 1. The van der Waals surface area contributed by atoms with Crippen molar-refractivity contribution in [3.05, 3.63) is 29.3 Å². The van der Waals surface area contributed by atoms with Gasteiger partial charge in [-0.25, -0.2) is 0 Å². The molecule has 116 valence electrons. The summed E-state index contributed by atoms with van der Waals surface area (Å²) in [7, 11) is 1.57. The highest BCUT2D eigenvalue weighted by molar-refractivity contribution is 5.99. The Labute approximate surface area is 124 Å². The lowest BCUT2D eigenvalue weighted by Gasteiger charge is -2.31. The van der Waals surface area contributed by atoms with Gasteiger partial charge in [0.1, 0.15) is 5.75 Å². The van der Waals surface area contributed by atoms with E-state index >= 15 is 0 Å². The van der Waals surface area contributed by atoms with Crippen molar-refractivity contribution < 1.29 is 15.1 Å². The van der Waals surface area contributed by atoms with Gasteiger partial charge < -0.3 is 20.8 Å². The summed E-state index contributed by atoms with van der Waals surface area (Å²) in [6.45, 7) is 3.02. The van der Waals surface area contributed by atoms with Crippen LogP contribution in [0.4, 0.5) is 0 Å². The molecule has 0 aliphatic carbocycles. The fourth-order valence-corrected chi connectivity index (χ4v) is 2.80. The zero-order valence-electron chi connectivity index (χ0n) is 12.3. The van der Waals surface area contributed by atoms with Crippen molar-refractivity contribution in [2.45, 2.75) is 19.4 Å². The van der Waals surface area contributed by atoms with E-state index in [-0.39, 0.29) is 12.4 Å². The quantitative estimate of drug-likeness (QED) is 0.326. The van der Waals surface area contributed by atoms with E-state index in [0.717, 1.165) is 38.0 Å². The minimum Gasteiger partial charge on any atom is -0.496 e. The maximum absolute atomic E-state index is 9.28.